The largest absolute Gasteiger partial charge is 0.466 e. The fraction of sp³-hybridized carbons (Fsp3) is 0.333. The molecule has 1 unspecified atom stereocenters. The minimum Gasteiger partial charge on any atom is -0.466 e. The van der Waals surface area contributed by atoms with E-state index in [1.54, 1.807) is 25.3 Å². The lowest BCUT2D eigenvalue weighted by Gasteiger charge is -2.38. The number of fused-ring (bicyclic) bond motifs is 1. The molecule has 0 saturated carbocycles. The first-order chi connectivity index (χ1) is 12.8. The van der Waals surface area contributed by atoms with Gasteiger partial charge in [0.2, 0.25) is 0 Å². The molecule has 0 radical (unpaired) electrons. The maximum Gasteiger partial charge on any atom is 0.355 e. The van der Waals surface area contributed by atoms with Gasteiger partial charge in [0, 0.05) is 6.20 Å². The number of carbonyl (C=O) groups is 4. The van der Waals surface area contributed by atoms with Crippen LogP contribution in [0.4, 0.5) is 0 Å². The van der Waals surface area contributed by atoms with Crippen LogP contribution in [0.15, 0.2) is 46.3 Å². The van der Waals surface area contributed by atoms with E-state index in [1.165, 1.54) is 4.90 Å². The Labute approximate surface area is 155 Å². The van der Waals surface area contributed by atoms with Gasteiger partial charge in [0.15, 0.2) is 0 Å². The van der Waals surface area contributed by atoms with E-state index >= 15 is 0 Å². The van der Waals surface area contributed by atoms with Crippen LogP contribution >= 0.6 is 0 Å². The Kier molecular flexibility index (Phi) is 5.84. The lowest BCUT2D eigenvalue weighted by Crippen LogP contribution is -2.45. The number of carbonyl (C=O) groups excluding carboxylic acids is 4. The Morgan fingerprint density at radius 3 is 1.85 bits per heavy atom. The summed E-state index contributed by atoms with van der Waals surface area (Å²) in [5, 5.41) is 0. The normalized spacial score (nSPS) is 18.5. The average Bonchev–Trinajstić information content (AvgIpc) is 2.69. The molecule has 2 heterocycles. The van der Waals surface area contributed by atoms with E-state index in [4.69, 9.17) is 18.9 Å². The van der Waals surface area contributed by atoms with Crippen LogP contribution in [0.5, 0.6) is 0 Å². The molecule has 0 N–H and O–H groups in total. The van der Waals surface area contributed by atoms with Gasteiger partial charge in [0.25, 0.3) is 0 Å². The van der Waals surface area contributed by atoms with Crippen LogP contribution in [-0.2, 0) is 38.1 Å². The molecule has 0 aromatic rings. The average molecular weight is 377 g/mol. The van der Waals surface area contributed by atoms with Gasteiger partial charge in [0.1, 0.15) is 11.3 Å². The molecular formula is C18H19NO8. The van der Waals surface area contributed by atoms with Crippen LogP contribution in [0.3, 0.4) is 0 Å². The minimum absolute atomic E-state index is 0.155. The minimum atomic E-state index is -1.00. The van der Waals surface area contributed by atoms with Crippen LogP contribution in [0.2, 0.25) is 0 Å². The SMILES string of the molecule is COC(=O)C1=C(C(=O)OC)C2C=CC(C)=CN2C(C(=O)OC)=C1C(=O)OC. The lowest BCUT2D eigenvalue weighted by atomic mass is 9.86. The second-order valence-corrected chi connectivity index (χ2v) is 5.56. The molecule has 0 aromatic heterocycles. The highest BCUT2D eigenvalue weighted by atomic mass is 16.5. The summed E-state index contributed by atoms with van der Waals surface area (Å²) in [6.07, 6.45) is 4.86. The van der Waals surface area contributed by atoms with Crippen LogP contribution < -0.4 is 0 Å². The Morgan fingerprint density at radius 1 is 0.815 bits per heavy atom. The summed E-state index contributed by atoms with van der Waals surface area (Å²) in [6, 6.07) is -0.877. The van der Waals surface area contributed by atoms with E-state index in [9.17, 15) is 19.2 Å². The molecule has 2 aliphatic heterocycles. The quantitative estimate of drug-likeness (QED) is 0.507. The number of hydrogen-bond acceptors (Lipinski definition) is 9. The van der Waals surface area contributed by atoms with Crippen molar-refractivity contribution in [3.8, 4) is 0 Å². The number of nitrogens with zero attached hydrogens (tertiary/aromatic N) is 1. The van der Waals surface area contributed by atoms with Gasteiger partial charge in [-0.1, -0.05) is 12.2 Å². The van der Waals surface area contributed by atoms with Gasteiger partial charge in [-0.3, -0.25) is 0 Å². The van der Waals surface area contributed by atoms with E-state index in [-0.39, 0.29) is 11.3 Å². The number of methoxy groups -OCH3 is 4. The molecule has 9 heteroatoms. The fourth-order valence-corrected chi connectivity index (χ4v) is 2.90. The first-order valence-electron chi connectivity index (χ1n) is 7.79. The van der Waals surface area contributed by atoms with Gasteiger partial charge < -0.3 is 23.8 Å². The third kappa shape index (κ3) is 3.35. The zero-order chi connectivity index (χ0) is 20.3. The summed E-state index contributed by atoms with van der Waals surface area (Å²) in [7, 11) is 4.44. The maximum atomic E-state index is 12.5. The molecule has 0 fully saturated rings. The summed E-state index contributed by atoms with van der Waals surface area (Å²) >= 11 is 0. The number of hydrogen-bond donors (Lipinski definition) is 0. The molecule has 144 valence electrons. The smallest absolute Gasteiger partial charge is 0.355 e. The Bertz CT molecular complexity index is 830. The monoisotopic (exact) mass is 377 g/mol. The van der Waals surface area contributed by atoms with Crippen molar-refractivity contribution in [1.29, 1.82) is 0 Å². The van der Waals surface area contributed by atoms with Gasteiger partial charge in [-0.2, -0.15) is 0 Å². The molecule has 2 aliphatic rings. The molecule has 0 amide bonds. The predicted molar refractivity (Wildman–Crippen MR) is 90.6 cm³/mol. The molecule has 0 bridgehead atoms. The standard InChI is InChI=1S/C18H19NO8/c1-9-6-7-10-11(15(20)24-2)12(16(21)25-3)13(17(22)26-4)14(18(23)27-5)19(10)8-9/h6-8,10H,1-5H3. The van der Waals surface area contributed by atoms with Crippen molar-refractivity contribution in [2.45, 2.75) is 13.0 Å². The first kappa shape index (κ1) is 20.0. The molecular weight excluding hydrogens is 358 g/mol. The van der Waals surface area contributed by atoms with Crippen molar-refractivity contribution in [3.63, 3.8) is 0 Å². The topological polar surface area (TPSA) is 108 Å². The number of rotatable bonds is 4. The van der Waals surface area contributed by atoms with Crippen molar-refractivity contribution in [2.24, 2.45) is 0 Å². The molecule has 0 spiro atoms. The fourth-order valence-electron chi connectivity index (χ4n) is 2.90. The van der Waals surface area contributed by atoms with E-state index in [0.717, 1.165) is 34.0 Å². The second kappa shape index (κ2) is 7.90. The predicted octanol–water partition coefficient (Wildman–Crippen LogP) is 0.387. The molecule has 0 aromatic carbocycles. The highest BCUT2D eigenvalue weighted by Crippen LogP contribution is 2.38. The summed E-state index contributed by atoms with van der Waals surface area (Å²) in [4.78, 5) is 51.3. The molecule has 2 rings (SSSR count). The van der Waals surface area contributed by atoms with Gasteiger partial charge in [-0.25, -0.2) is 19.2 Å². The summed E-state index contributed by atoms with van der Waals surface area (Å²) in [6.45, 7) is 1.76. The van der Waals surface area contributed by atoms with Gasteiger partial charge >= 0.3 is 23.9 Å². The van der Waals surface area contributed by atoms with Crippen LogP contribution in [0, 0.1) is 0 Å². The van der Waals surface area contributed by atoms with E-state index < -0.39 is 41.1 Å². The van der Waals surface area contributed by atoms with Crippen LogP contribution in [-0.4, -0.2) is 63.3 Å². The lowest BCUT2D eigenvalue weighted by molar-refractivity contribution is -0.143. The highest BCUT2D eigenvalue weighted by Gasteiger charge is 2.46. The zero-order valence-electron chi connectivity index (χ0n) is 15.5. The Balaban J connectivity index is 2.97. The van der Waals surface area contributed by atoms with Crippen LogP contribution in [0.25, 0.3) is 0 Å². The van der Waals surface area contributed by atoms with Gasteiger partial charge in [0.05, 0.1) is 45.6 Å². The van der Waals surface area contributed by atoms with Crippen LogP contribution in [0.1, 0.15) is 6.92 Å². The maximum absolute atomic E-state index is 12.5. The van der Waals surface area contributed by atoms with Crippen molar-refractivity contribution >= 4 is 23.9 Å². The van der Waals surface area contributed by atoms with Crippen molar-refractivity contribution < 1.29 is 38.1 Å². The van der Waals surface area contributed by atoms with Crippen molar-refractivity contribution in [2.75, 3.05) is 28.4 Å². The zero-order valence-corrected chi connectivity index (χ0v) is 15.5. The number of allylic oxidation sites excluding steroid dienone is 2. The summed E-state index contributed by atoms with van der Waals surface area (Å²) in [5.74, 6) is -3.73. The second-order valence-electron chi connectivity index (χ2n) is 5.56. The Hall–Kier alpha value is -3.36. The van der Waals surface area contributed by atoms with Gasteiger partial charge in [-0.15, -0.1) is 0 Å². The Morgan fingerprint density at radius 2 is 1.33 bits per heavy atom. The van der Waals surface area contributed by atoms with E-state index in [2.05, 4.69) is 0 Å². The third-order valence-corrected chi connectivity index (χ3v) is 4.06. The van der Waals surface area contributed by atoms with Gasteiger partial charge in [-0.05, 0) is 12.5 Å². The van der Waals surface area contributed by atoms with Crippen molar-refractivity contribution in [1.82, 2.24) is 4.90 Å². The molecule has 0 aliphatic carbocycles. The summed E-state index contributed by atoms with van der Waals surface area (Å²) in [5.41, 5.74) is -0.506. The molecule has 27 heavy (non-hydrogen) atoms. The van der Waals surface area contributed by atoms with Crippen molar-refractivity contribution in [3.05, 3.63) is 46.3 Å². The first-order valence-corrected chi connectivity index (χ1v) is 7.79. The molecule has 0 saturated heterocycles. The number of ether oxygens (including phenoxy) is 4. The summed E-state index contributed by atoms with van der Waals surface area (Å²) < 4.78 is 19.1. The van der Waals surface area contributed by atoms with E-state index in [1.807, 2.05) is 0 Å². The molecule has 1 atom stereocenters. The third-order valence-electron chi connectivity index (χ3n) is 4.06. The number of esters is 4. The molecule has 9 nitrogen and oxygen atoms in total. The highest BCUT2D eigenvalue weighted by molar-refractivity contribution is 6.16. The van der Waals surface area contributed by atoms with E-state index in [0.29, 0.717) is 0 Å².